The fourth-order valence-corrected chi connectivity index (χ4v) is 2.88. The van der Waals surface area contributed by atoms with Gasteiger partial charge in [-0.3, -0.25) is 4.79 Å². The zero-order chi connectivity index (χ0) is 11.8. The Kier molecular flexibility index (Phi) is 2.93. The number of halogens is 1. The lowest BCUT2D eigenvalue weighted by molar-refractivity contribution is -0.147. The van der Waals surface area contributed by atoms with Gasteiger partial charge < -0.3 is 9.84 Å². The van der Waals surface area contributed by atoms with E-state index in [4.69, 9.17) is 4.74 Å². The van der Waals surface area contributed by atoms with Gasteiger partial charge >= 0.3 is 5.97 Å². The molecule has 1 fully saturated rings. The van der Waals surface area contributed by atoms with Gasteiger partial charge in [-0.2, -0.15) is 0 Å². The van der Waals surface area contributed by atoms with Crippen LogP contribution >= 0.6 is 15.9 Å². The van der Waals surface area contributed by atoms with E-state index in [1.165, 1.54) is 0 Å². The molecule has 2 rings (SSSR count). The van der Waals surface area contributed by atoms with Crippen LogP contribution < -0.4 is 4.74 Å². The van der Waals surface area contributed by atoms with Crippen LogP contribution in [-0.4, -0.2) is 18.2 Å². The number of methoxy groups -OCH3 is 1. The first-order valence-electron chi connectivity index (χ1n) is 5.17. The number of hydrogen-bond acceptors (Lipinski definition) is 2. The summed E-state index contributed by atoms with van der Waals surface area (Å²) in [5.41, 5.74) is 0.164. The van der Waals surface area contributed by atoms with E-state index in [1.54, 1.807) is 7.11 Å². The molecule has 3 nitrogen and oxygen atoms in total. The zero-order valence-electron chi connectivity index (χ0n) is 9.00. The van der Waals surface area contributed by atoms with E-state index in [2.05, 4.69) is 15.9 Å². The summed E-state index contributed by atoms with van der Waals surface area (Å²) >= 11 is 3.42. The average Bonchev–Trinajstić information content (AvgIpc) is 2.18. The van der Waals surface area contributed by atoms with Crippen LogP contribution in [0.15, 0.2) is 22.7 Å². The van der Waals surface area contributed by atoms with Crippen molar-refractivity contribution in [1.82, 2.24) is 0 Å². The number of ether oxygens (including phenoxy) is 1. The van der Waals surface area contributed by atoms with E-state index in [9.17, 15) is 9.90 Å². The first-order valence-corrected chi connectivity index (χ1v) is 5.97. The smallest absolute Gasteiger partial charge is 0.314 e. The molecule has 0 saturated heterocycles. The number of rotatable bonds is 3. The third kappa shape index (κ3) is 1.61. The van der Waals surface area contributed by atoms with Crippen LogP contribution in [0.3, 0.4) is 0 Å². The molecule has 16 heavy (non-hydrogen) atoms. The quantitative estimate of drug-likeness (QED) is 0.928. The van der Waals surface area contributed by atoms with Gasteiger partial charge in [-0.15, -0.1) is 0 Å². The van der Waals surface area contributed by atoms with Crippen LogP contribution in [0.5, 0.6) is 5.75 Å². The van der Waals surface area contributed by atoms with Gasteiger partial charge in [0, 0.05) is 4.47 Å². The molecule has 0 atom stereocenters. The van der Waals surface area contributed by atoms with E-state index >= 15 is 0 Å². The van der Waals surface area contributed by atoms with E-state index in [1.807, 2.05) is 18.2 Å². The van der Waals surface area contributed by atoms with Crippen LogP contribution in [-0.2, 0) is 10.2 Å². The van der Waals surface area contributed by atoms with Gasteiger partial charge in [-0.1, -0.05) is 28.4 Å². The molecule has 0 spiro atoms. The Bertz CT molecular complexity index is 424. The second-order valence-corrected chi connectivity index (χ2v) is 4.94. The lowest BCUT2D eigenvalue weighted by Gasteiger charge is -2.38. The number of carboxylic acids is 1. The normalized spacial score (nSPS) is 17.6. The Labute approximate surface area is 103 Å². The first-order chi connectivity index (χ1) is 7.60. The van der Waals surface area contributed by atoms with Gasteiger partial charge in [0.15, 0.2) is 0 Å². The number of carboxylic acid groups (broad SMARTS) is 1. The summed E-state index contributed by atoms with van der Waals surface area (Å²) in [5.74, 6) is 0.0000964. The Morgan fingerprint density at radius 2 is 2.19 bits per heavy atom. The summed E-state index contributed by atoms with van der Waals surface area (Å²) in [6, 6.07) is 5.47. The second-order valence-electron chi connectivity index (χ2n) is 4.09. The van der Waals surface area contributed by atoms with Gasteiger partial charge in [-0.25, -0.2) is 0 Å². The maximum Gasteiger partial charge on any atom is 0.314 e. The molecule has 4 heteroatoms. The number of carbonyl (C=O) groups is 1. The Balaban J connectivity index is 2.43. The Morgan fingerprint density at radius 3 is 2.56 bits per heavy atom. The molecule has 0 amide bonds. The molecule has 1 aliphatic rings. The highest BCUT2D eigenvalue weighted by molar-refractivity contribution is 9.10. The molecule has 0 aromatic heterocycles. The number of benzene rings is 1. The lowest BCUT2D eigenvalue weighted by atomic mass is 9.64. The molecular weight excluding hydrogens is 272 g/mol. The van der Waals surface area contributed by atoms with E-state index in [0.29, 0.717) is 12.8 Å². The molecule has 0 bridgehead atoms. The minimum Gasteiger partial charge on any atom is -0.497 e. The Morgan fingerprint density at radius 1 is 1.50 bits per heavy atom. The summed E-state index contributed by atoms with van der Waals surface area (Å²) in [4.78, 5) is 11.4. The van der Waals surface area contributed by atoms with Crippen molar-refractivity contribution in [2.24, 2.45) is 0 Å². The second kappa shape index (κ2) is 4.09. The summed E-state index contributed by atoms with van der Waals surface area (Å²) in [7, 11) is 1.59. The maximum absolute atomic E-state index is 11.4. The molecule has 1 N–H and O–H groups in total. The van der Waals surface area contributed by atoms with Crippen molar-refractivity contribution in [3.8, 4) is 5.75 Å². The van der Waals surface area contributed by atoms with Crippen LogP contribution in [0.4, 0.5) is 0 Å². The maximum atomic E-state index is 11.4. The zero-order valence-corrected chi connectivity index (χ0v) is 10.6. The molecule has 1 aromatic carbocycles. The van der Waals surface area contributed by atoms with Crippen LogP contribution in [0.1, 0.15) is 24.8 Å². The van der Waals surface area contributed by atoms with Crippen molar-refractivity contribution in [2.45, 2.75) is 24.7 Å². The highest BCUT2D eigenvalue weighted by Crippen LogP contribution is 2.47. The number of aliphatic carboxylic acids is 1. The SMILES string of the molecule is COc1ccc(C2(C(=O)O)CCC2)c(Br)c1. The Hall–Kier alpha value is -1.03. The summed E-state index contributed by atoms with van der Waals surface area (Å²) in [6.45, 7) is 0. The van der Waals surface area contributed by atoms with E-state index in [0.717, 1.165) is 22.2 Å². The molecule has 0 heterocycles. The van der Waals surface area contributed by atoms with Gasteiger partial charge in [0.25, 0.3) is 0 Å². The van der Waals surface area contributed by atoms with Gasteiger partial charge in [0.1, 0.15) is 5.75 Å². The van der Waals surface area contributed by atoms with E-state index in [-0.39, 0.29) is 0 Å². The van der Waals surface area contributed by atoms with Gasteiger partial charge in [0.05, 0.1) is 12.5 Å². The largest absolute Gasteiger partial charge is 0.497 e. The predicted molar refractivity (Wildman–Crippen MR) is 63.9 cm³/mol. The summed E-state index contributed by atoms with van der Waals surface area (Å²) < 4.78 is 5.91. The van der Waals surface area contributed by atoms with Crippen molar-refractivity contribution in [1.29, 1.82) is 0 Å². The molecule has 1 saturated carbocycles. The van der Waals surface area contributed by atoms with Crippen molar-refractivity contribution in [3.63, 3.8) is 0 Å². The molecular formula is C12H13BrO3. The van der Waals surface area contributed by atoms with Crippen LogP contribution in [0.2, 0.25) is 0 Å². The minimum absolute atomic E-state index is 0.689. The summed E-state index contributed by atoms with van der Waals surface area (Å²) in [5, 5.41) is 9.34. The van der Waals surface area contributed by atoms with E-state index < -0.39 is 11.4 Å². The number of hydrogen-bond donors (Lipinski definition) is 1. The molecule has 1 aliphatic carbocycles. The highest BCUT2D eigenvalue weighted by atomic mass is 79.9. The fourth-order valence-electron chi connectivity index (χ4n) is 2.14. The molecule has 0 unspecified atom stereocenters. The standard InChI is InChI=1S/C12H13BrO3/c1-16-8-3-4-9(10(13)7-8)12(11(14)15)5-2-6-12/h3-4,7H,2,5-6H2,1H3,(H,14,15). The summed E-state index contributed by atoms with van der Waals surface area (Å²) in [6.07, 6.45) is 2.41. The van der Waals surface area contributed by atoms with Gasteiger partial charge in [0.2, 0.25) is 0 Å². The van der Waals surface area contributed by atoms with Gasteiger partial charge in [-0.05, 0) is 30.5 Å². The molecule has 1 aromatic rings. The third-order valence-electron chi connectivity index (χ3n) is 3.31. The lowest BCUT2D eigenvalue weighted by Crippen LogP contribution is -2.42. The topological polar surface area (TPSA) is 46.5 Å². The predicted octanol–water partition coefficient (Wildman–Crippen LogP) is 2.96. The van der Waals surface area contributed by atoms with Crippen molar-refractivity contribution in [3.05, 3.63) is 28.2 Å². The minimum atomic E-state index is -0.732. The highest BCUT2D eigenvalue weighted by Gasteiger charge is 2.46. The van der Waals surface area contributed by atoms with Crippen molar-refractivity contribution in [2.75, 3.05) is 7.11 Å². The third-order valence-corrected chi connectivity index (χ3v) is 3.96. The van der Waals surface area contributed by atoms with Crippen LogP contribution in [0, 0.1) is 0 Å². The first kappa shape index (κ1) is 11.5. The average molecular weight is 285 g/mol. The molecule has 0 aliphatic heterocycles. The fraction of sp³-hybridized carbons (Fsp3) is 0.417. The molecule has 0 radical (unpaired) electrons. The van der Waals surface area contributed by atoms with Crippen LogP contribution in [0.25, 0.3) is 0 Å². The van der Waals surface area contributed by atoms with Crippen molar-refractivity contribution >= 4 is 21.9 Å². The monoisotopic (exact) mass is 284 g/mol. The molecule has 86 valence electrons. The van der Waals surface area contributed by atoms with Crippen molar-refractivity contribution < 1.29 is 14.6 Å².